The number of fused-ring (bicyclic) bond motifs is 1. The molecule has 2 aliphatic rings. The normalized spacial score (nSPS) is 16.9. The van der Waals surface area contributed by atoms with Crippen LogP contribution in [-0.2, 0) is 29.2 Å². The first kappa shape index (κ1) is 30.5. The number of rotatable bonds is 7. The summed E-state index contributed by atoms with van der Waals surface area (Å²) < 4.78 is 44.0. The van der Waals surface area contributed by atoms with E-state index in [1.807, 2.05) is 6.07 Å². The van der Waals surface area contributed by atoms with E-state index < -0.39 is 27.3 Å². The molecule has 0 bridgehead atoms. The van der Waals surface area contributed by atoms with Gasteiger partial charge in [0, 0.05) is 57.2 Å². The van der Waals surface area contributed by atoms with Gasteiger partial charge in [0.2, 0.25) is 10.0 Å². The van der Waals surface area contributed by atoms with Crippen molar-refractivity contribution < 1.29 is 22.4 Å². The van der Waals surface area contributed by atoms with E-state index in [-0.39, 0.29) is 28.7 Å². The van der Waals surface area contributed by atoms with Gasteiger partial charge in [0.05, 0.1) is 27.4 Å². The Bertz CT molecular complexity index is 1890. The van der Waals surface area contributed by atoms with Crippen molar-refractivity contribution in [3.8, 4) is 0 Å². The van der Waals surface area contributed by atoms with Crippen LogP contribution in [0.25, 0.3) is 0 Å². The molecular formula is C31H35FN8O4S. The van der Waals surface area contributed by atoms with Crippen molar-refractivity contribution in [1.82, 2.24) is 24.0 Å². The summed E-state index contributed by atoms with van der Waals surface area (Å²) in [5, 5.41) is 12.9. The Morgan fingerprint density at radius 1 is 0.956 bits per heavy atom. The van der Waals surface area contributed by atoms with E-state index in [9.17, 15) is 22.4 Å². The van der Waals surface area contributed by atoms with Crippen molar-refractivity contribution in [2.75, 3.05) is 48.8 Å². The van der Waals surface area contributed by atoms with Gasteiger partial charge in [-0.1, -0.05) is 6.07 Å². The molecule has 0 saturated carbocycles. The van der Waals surface area contributed by atoms with E-state index in [2.05, 4.69) is 37.7 Å². The van der Waals surface area contributed by atoms with Crippen molar-refractivity contribution >= 4 is 39.0 Å². The molecule has 236 valence electrons. The number of nitrogens with zero attached hydrogens (tertiary/aromatic N) is 5. The molecule has 14 heteroatoms. The molecule has 0 unspecified atom stereocenters. The van der Waals surface area contributed by atoms with Crippen molar-refractivity contribution in [3.05, 3.63) is 89.1 Å². The number of likely N-dealkylation sites (N-methyl/N-ethyl adjacent to an activating group) is 1. The summed E-state index contributed by atoms with van der Waals surface area (Å²) in [5.41, 5.74) is 1.80. The van der Waals surface area contributed by atoms with E-state index in [4.69, 9.17) is 0 Å². The number of aryl methyl sites for hydroxylation is 1. The van der Waals surface area contributed by atoms with E-state index in [0.717, 1.165) is 37.9 Å². The minimum absolute atomic E-state index is 0.0906. The van der Waals surface area contributed by atoms with Gasteiger partial charge in [-0.25, -0.2) is 12.8 Å². The van der Waals surface area contributed by atoms with Gasteiger partial charge in [-0.3, -0.25) is 14.7 Å². The summed E-state index contributed by atoms with van der Waals surface area (Å²) in [6.45, 7) is 6.73. The summed E-state index contributed by atoms with van der Waals surface area (Å²) in [6.07, 6.45) is 1.76. The molecule has 45 heavy (non-hydrogen) atoms. The molecule has 0 radical (unpaired) electrons. The summed E-state index contributed by atoms with van der Waals surface area (Å²) in [5.74, 6) is -1.38. The fourth-order valence-corrected chi connectivity index (χ4v) is 7.65. The summed E-state index contributed by atoms with van der Waals surface area (Å²) in [7, 11) is -0.259. The summed E-state index contributed by atoms with van der Waals surface area (Å²) in [6, 6.07) is 13.6. The zero-order valence-corrected chi connectivity index (χ0v) is 26.3. The Balaban J connectivity index is 1.29. The second-order valence-electron chi connectivity index (χ2n) is 11.9. The Labute approximate surface area is 260 Å². The number of nitrogens with one attached hydrogen (secondary N) is 3. The molecule has 2 aromatic carbocycles. The van der Waals surface area contributed by atoms with E-state index >= 15 is 0 Å². The number of carbonyl (C=O) groups is 2. The molecular weight excluding hydrogens is 599 g/mol. The lowest BCUT2D eigenvalue weighted by Gasteiger charge is -2.34. The van der Waals surface area contributed by atoms with Gasteiger partial charge in [-0.2, -0.15) is 9.40 Å². The number of H-pyrrole nitrogens is 1. The summed E-state index contributed by atoms with van der Waals surface area (Å²) in [4.78, 5) is 31.3. The number of hydrogen-bond acceptors (Lipinski definition) is 7. The van der Waals surface area contributed by atoms with Crippen LogP contribution in [0.5, 0.6) is 0 Å². The molecule has 0 spiro atoms. The summed E-state index contributed by atoms with van der Waals surface area (Å²) >= 11 is 0. The Morgan fingerprint density at radius 2 is 1.71 bits per heavy atom. The molecule has 4 aromatic rings. The lowest BCUT2D eigenvalue weighted by Crippen LogP contribution is -2.44. The molecule has 2 amide bonds. The van der Waals surface area contributed by atoms with Gasteiger partial charge >= 0.3 is 0 Å². The Kier molecular flexibility index (Phi) is 7.75. The highest BCUT2D eigenvalue weighted by Crippen LogP contribution is 2.44. The second kappa shape index (κ2) is 11.4. The van der Waals surface area contributed by atoms with Gasteiger partial charge in [-0.05, 0) is 69.4 Å². The maximum absolute atomic E-state index is 13.9. The third-order valence-corrected chi connectivity index (χ3v) is 10.6. The number of sulfonamides is 1. The van der Waals surface area contributed by atoms with Crippen molar-refractivity contribution in [2.45, 2.75) is 30.8 Å². The van der Waals surface area contributed by atoms with Crippen LogP contribution < -0.4 is 15.5 Å². The third kappa shape index (κ3) is 5.60. The SMILES string of the molecule is CN1CCN(c2ccc(C(=O)Nc3n[nH]c4c3CN(S(=O)(=O)c3cccc(F)c3)C4(C)C)c(NC(=O)c3cccn3C)c2)CC1. The standard InChI is InChI=1S/C31H35FN8O4S/c1-31(2)27-24(19-40(31)45(43,44)22-8-5-7-20(32)17-22)28(36-35-27)34-29(41)23-11-10-21(39-15-13-37(3)14-16-39)18-25(23)33-30(42)26-9-6-12-38(26)4/h5-12,17-18H,13-16,19H2,1-4H3,(H,33,42)(H2,34,35,36,41). The van der Waals surface area contributed by atoms with Gasteiger partial charge in [0.15, 0.2) is 5.82 Å². The molecule has 1 fully saturated rings. The zero-order valence-electron chi connectivity index (χ0n) is 25.5. The topological polar surface area (TPSA) is 136 Å². The van der Waals surface area contributed by atoms with Gasteiger partial charge in [0.1, 0.15) is 11.5 Å². The quantitative estimate of drug-likeness (QED) is 0.283. The Hall–Kier alpha value is -4.53. The second-order valence-corrected chi connectivity index (χ2v) is 13.7. The minimum atomic E-state index is -4.09. The Morgan fingerprint density at radius 3 is 2.40 bits per heavy atom. The molecule has 1 saturated heterocycles. The van der Waals surface area contributed by atoms with Gasteiger partial charge in [-0.15, -0.1) is 0 Å². The van der Waals surface area contributed by atoms with Crippen LogP contribution in [0.2, 0.25) is 0 Å². The molecule has 6 rings (SSSR count). The van der Waals surface area contributed by atoms with E-state index in [1.54, 1.807) is 55.9 Å². The number of amides is 2. The third-order valence-electron chi connectivity index (χ3n) is 8.56. The first-order valence-electron chi connectivity index (χ1n) is 14.5. The highest BCUT2D eigenvalue weighted by Gasteiger charge is 2.48. The van der Waals surface area contributed by atoms with Crippen LogP contribution in [0.3, 0.4) is 0 Å². The fraction of sp³-hybridized carbons (Fsp3) is 0.323. The smallest absolute Gasteiger partial charge is 0.272 e. The maximum Gasteiger partial charge on any atom is 0.272 e. The van der Waals surface area contributed by atoms with Crippen LogP contribution in [-0.4, -0.2) is 77.4 Å². The van der Waals surface area contributed by atoms with Gasteiger partial charge in [0.25, 0.3) is 11.8 Å². The van der Waals surface area contributed by atoms with E-state index in [1.165, 1.54) is 22.5 Å². The highest BCUT2D eigenvalue weighted by molar-refractivity contribution is 7.89. The largest absolute Gasteiger partial charge is 0.369 e. The number of piperazine rings is 1. The molecule has 2 aromatic heterocycles. The molecule has 4 heterocycles. The number of aromatic amines is 1. The maximum atomic E-state index is 13.9. The predicted octanol–water partition coefficient (Wildman–Crippen LogP) is 3.58. The van der Waals surface area contributed by atoms with Crippen molar-refractivity contribution in [1.29, 1.82) is 0 Å². The van der Waals surface area contributed by atoms with E-state index in [0.29, 0.717) is 22.6 Å². The number of carbonyl (C=O) groups excluding carboxylic acids is 2. The minimum Gasteiger partial charge on any atom is -0.369 e. The van der Waals surface area contributed by atoms with Crippen LogP contribution in [0.1, 0.15) is 46.0 Å². The first-order chi connectivity index (χ1) is 21.4. The molecule has 2 aliphatic heterocycles. The molecule has 0 atom stereocenters. The fourth-order valence-electron chi connectivity index (χ4n) is 5.89. The molecule has 0 aliphatic carbocycles. The zero-order chi connectivity index (χ0) is 32.1. The van der Waals surface area contributed by atoms with Crippen LogP contribution in [0.15, 0.2) is 65.7 Å². The predicted molar refractivity (Wildman–Crippen MR) is 168 cm³/mol. The van der Waals surface area contributed by atoms with Crippen LogP contribution in [0, 0.1) is 5.82 Å². The van der Waals surface area contributed by atoms with Crippen molar-refractivity contribution in [3.63, 3.8) is 0 Å². The lowest BCUT2D eigenvalue weighted by atomic mass is 10.0. The molecule has 12 nitrogen and oxygen atoms in total. The van der Waals surface area contributed by atoms with Gasteiger partial charge < -0.3 is 25.0 Å². The van der Waals surface area contributed by atoms with Crippen LogP contribution >= 0.6 is 0 Å². The molecule has 3 N–H and O–H groups in total. The number of hydrogen-bond donors (Lipinski definition) is 3. The first-order valence-corrected chi connectivity index (χ1v) is 16.0. The lowest BCUT2D eigenvalue weighted by molar-refractivity contribution is 0.101. The average molecular weight is 635 g/mol. The average Bonchev–Trinajstić information content (AvgIpc) is 3.69. The van der Waals surface area contributed by atoms with Crippen molar-refractivity contribution in [2.24, 2.45) is 7.05 Å². The number of anilines is 3. The highest BCUT2D eigenvalue weighted by atomic mass is 32.2. The number of benzene rings is 2. The number of halogens is 1. The van der Waals surface area contributed by atoms with Crippen LogP contribution in [0.4, 0.5) is 21.6 Å². The monoisotopic (exact) mass is 634 g/mol. The number of aromatic nitrogens is 3.